The molecule has 1 heterocycles. The van der Waals surface area contributed by atoms with Gasteiger partial charge < -0.3 is 10.3 Å². The van der Waals surface area contributed by atoms with Gasteiger partial charge in [0, 0.05) is 7.05 Å². The highest BCUT2D eigenvalue weighted by molar-refractivity contribution is 5.91. The molecule has 0 spiro atoms. The summed E-state index contributed by atoms with van der Waals surface area (Å²) in [6, 6.07) is 7.91. The molecule has 2 N–H and O–H groups in total. The maximum atomic E-state index is 12.2. The lowest BCUT2D eigenvalue weighted by Gasteiger charge is -2.36. The van der Waals surface area contributed by atoms with Gasteiger partial charge in [-0.15, -0.1) is 0 Å². The summed E-state index contributed by atoms with van der Waals surface area (Å²) < 4.78 is 1.98. The van der Waals surface area contributed by atoms with E-state index >= 15 is 0 Å². The number of carbonyl (C=O) groups excluding carboxylic acids is 1. The van der Waals surface area contributed by atoms with E-state index in [0.717, 1.165) is 36.1 Å². The minimum atomic E-state index is -0.585. The Kier molecular flexibility index (Phi) is 2.48. The summed E-state index contributed by atoms with van der Waals surface area (Å²) in [5, 5.41) is 0. The lowest BCUT2D eigenvalue weighted by molar-refractivity contribution is -0.126. The molecule has 1 aromatic carbocycles. The monoisotopic (exact) mass is 243 g/mol. The molecule has 4 heteroatoms. The topological polar surface area (TPSA) is 60.9 Å². The van der Waals surface area contributed by atoms with E-state index < -0.39 is 5.54 Å². The van der Waals surface area contributed by atoms with Gasteiger partial charge in [0.05, 0.1) is 23.0 Å². The molecule has 94 valence electrons. The van der Waals surface area contributed by atoms with Gasteiger partial charge in [-0.05, 0) is 31.4 Å². The Hall–Kier alpha value is -1.68. The Morgan fingerprint density at radius 1 is 1.44 bits per heavy atom. The summed E-state index contributed by atoms with van der Waals surface area (Å²) >= 11 is 0. The van der Waals surface area contributed by atoms with Crippen molar-refractivity contribution in [3.05, 3.63) is 30.1 Å². The second-order valence-electron chi connectivity index (χ2n) is 5.19. The first kappa shape index (κ1) is 11.4. The molecule has 0 unspecified atom stereocenters. The number of fused-ring (bicyclic) bond motifs is 1. The molecule has 0 atom stereocenters. The Balaban J connectivity index is 1.91. The van der Waals surface area contributed by atoms with Gasteiger partial charge >= 0.3 is 0 Å². The van der Waals surface area contributed by atoms with Crippen LogP contribution in [0.15, 0.2) is 24.3 Å². The van der Waals surface area contributed by atoms with Crippen LogP contribution < -0.4 is 5.73 Å². The Labute approximate surface area is 106 Å². The molecule has 3 rings (SSSR count). The van der Waals surface area contributed by atoms with E-state index in [0.29, 0.717) is 6.42 Å². The van der Waals surface area contributed by atoms with E-state index in [1.165, 1.54) is 0 Å². The van der Waals surface area contributed by atoms with Crippen LogP contribution in [0.5, 0.6) is 0 Å². The Bertz CT molecular complexity index is 611. The zero-order valence-electron chi connectivity index (χ0n) is 10.5. The number of rotatable bonds is 3. The fourth-order valence-electron chi connectivity index (χ4n) is 2.51. The van der Waals surface area contributed by atoms with Crippen LogP contribution in [0.4, 0.5) is 0 Å². The van der Waals surface area contributed by atoms with E-state index in [-0.39, 0.29) is 5.78 Å². The smallest absolute Gasteiger partial charge is 0.160 e. The fraction of sp³-hybridized carbons (Fsp3) is 0.429. The Morgan fingerprint density at radius 3 is 2.78 bits per heavy atom. The minimum Gasteiger partial charge on any atom is -0.331 e. The third kappa shape index (κ3) is 1.64. The van der Waals surface area contributed by atoms with Crippen LogP contribution in [0, 0.1) is 0 Å². The molecule has 1 aliphatic rings. The number of nitrogens with zero attached hydrogens (tertiary/aromatic N) is 2. The van der Waals surface area contributed by atoms with E-state index in [1.807, 2.05) is 35.9 Å². The maximum Gasteiger partial charge on any atom is 0.160 e. The van der Waals surface area contributed by atoms with Crippen LogP contribution >= 0.6 is 0 Å². The van der Waals surface area contributed by atoms with Gasteiger partial charge in [-0.1, -0.05) is 12.1 Å². The molecule has 1 fully saturated rings. The zero-order valence-corrected chi connectivity index (χ0v) is 10.5. The number of hydrogen-bond acceptors (Lipinski definition) is 3. The summed E-state index contributed by atoms with van der Waals surface area (Å²) in [5.41, 5.74) is 7.46. The van der Waals surface area contributed by atoms with Gasteiger partial charge in [-0.25, -0.2) is 4.98 Å². The van der Waals surface area contributed by atoms with E-state index in [9.17, 15) is 4.79 Å². The lowest BCUT2D eigenvalue weighted by atomic mass is 9.74. The van der Waals surface area contributed by atoms with E-state index in [4.69, 9.17) is 5.73 Å². The average Bonchev–Trinajstić information content (AvgIpc) is 2.64. The molecule has 1 saturated carbocycles. The van der Waals surface area contributed by atoms with Crippen molar-refractivity contribution in [1.82, 2.24) is 9.55 Å². The molecule has 0 saturated heterocycles. The average molecular weight is 243 g/mol. The van der Waals surface area contributed by atoms with Crippen molar-refractivity contribution in [2.24, 2.45) is 12.8 Å². The lowest BCUT2D eigenvalue weighted by Crippen LogP contribution is -2.54. The number of imidazole rings is 1. The van der Waals surface area contributed by atoms with Gasteiger partial charge in [0.15, 0.2) is 5.78 Å². The van der Waals surface area contributed by atoms with Crippen LogP contribution in [0.3, 0.4) is 0 Å². The number of ketones is 1. The van der Waals surface area contributed by atoms with Gasteiger partial charge in [0.1, 0.15) is 5.82 Å². The molecular formula is C14H17N3O. The summed E-state index contributed by atoms with van der Waals surface area (Å²) in [6.07, 6.45) is 3.03. The predicted molar refractivity (Wildman–Crippen MR) is 70.2 cm³/mol. The Morgan fingerprint density at radius 2 is 2.17 bits per heavy atom. The maximum absolute atomic E-state index is 12.2. The summed E-state index contributed by atoms with van der Waals surface area (Å²) in [5.74, 6) is 0.921. The SMILES string of the molecule is Cn1c(CC(=O)C2(N)CCC2)nc2ccccc21. The highest BCUT2D eigenvalue weighted by atomic mass is 16.1. The first-order chi connectivity index (χ1) is 8.60. The molecule has 1 aliphatic carbocycles. The van der Waals surface area contributed by atoms with Crippen molar-refractivity contribution < 1.29 is 4.79 Å². The van der Waals surface area contributed by atoms with Crippen molar-refractivity contribution in [3.8, 4) is 0 Å². The van der Waals surface area contributed by atoms with Crippen molar-refractivity contribution >= 4 is 16.8 Å². The van der Waals surface area contributed by atoms with E-state index in [2.05, 4.69) is 4.98 Å². The molecule has 0 radical (unpaired) electrons. The third-order valence-corrected chi connectivity index (χ3v) is 4.00. The van der Waals surface area contributed by atoms with E-state index in [1.54, 1.807) is 0 Å². The quantitative estimate of drug-likeness (QED) is 0.890. The van der Waals surface area contributed by atoms with Gasteiger partial charge in [-0.3, -0.25) is 4.79 Å². The van der Waals surface area contributed by atoms with Crippen LogP contribution in [0.25, 0.3) is 11.0 Å². The zero-order chi connectivity index (χ0) is 12.8. The van der Waals surface area contributed by atoms with Crippen LogP contribution in [0.2, 0.25) is 0 Å². The highest BCUT2D eigenvalue weighted by Crippen LogP contribution is 2.31. The fourth-order valence-corrected chi connectivity index (χ4v) is 2.51. The van der Waals surface area contributed by atoms with Gasteiger partial charge in [0.25, 0.3) is 0 Å². The number of hydrogen-bond donors (Lipinski definition) is 1. The number of benzene rings is 1. The number of aromatic nitrogens is 2. The number of Topliss-reactive ketones (excluding diaryl/α,β-unsaturated/α-hetero) is 1. The molecule has 4 nitrogen and oxygen atoms in total. The molecule has 1 aromatic heterocycles. The molecule has 0 bridgehead atoms. The van der Waals surface area contributed by atoms with Crippen molar-refractivity contribution in [1.29, 1.82) is 0 Å². The largest absolute Gasteiger partial charge is 0.331 e. The predicted octanol–water partition coefficient (Wildman–Crippen LogP) is 1.57. The highest BCUT2D eigenvalue weighted by Gasteiger charge is 2.39. The number of carbonyl (C=O) groups is 1. The van der Waals surface area contributed by atoms with Crippen molar-refractivity contribution in [3.63, 3.8) is 0 Å². The third-order valence-electron chi connectivity index (χ3n) is 4.00. The molecular weight excluding hydrogens is 226 g/mol. The first-order valence-electron chi connectivity index (χ1n) is 6.33. The van der Waals surface area contributed by atoms with Gasteiger partial charge in [0.2, 0.25) is 0 Å². The van der Waals surface area contributed by atoms with Crippen molar-refractivity contribution in [2.75, 3.05) is 0 Å². The molecule has 18 heavy (non-hydrogen) atoms. The summed E-state index contributed by atoms with van der Waals surface area (Å²) in [7, 11) is 1.95. The van der Waals surface area contributed by atoms with Crippen LogP contribution in [-0.2, 0) is 18.3 Å². The first-order valence-corrected chi connectivity index (χ1v) is 6.33. The molecule has 0 amide bonds. The van der Waals surface area contributed by atoms with Gasteiger partial charge in [-0.2, -0.15) is 0 Å². The number of para-hydroxylation sites is 2. The second kappa shape index (κ2) is 3.92. The normalized spacial score (nSPS) is 17.7. The summed E-state index contributed by atoms with van der Waals surface area (Å²) in [6.45, 7) is 0. The standard InChI is InChI=1S/C14H17N3O/c1-17-11-6-3-2-5-10(11)16-13(17)9-12(18)14(15)7-4-8-14/h2-3,5-6H,4,7-9,15H2,1H3. The summed E-state index contributed by atoms with van der Waals surface area (Å²) in [4.78, 5) is 16.7. The minimum absolute atomic E-state index is 0.118. The second-order valence-corrected chi connectivity index (χ2v) is 5.19. The van der Waals surface area contributed by atoms with Crippen LogP contribution in [0.1, 0.15) is 25.1 Å². The molecule has 0 aliphatic heterocycles. The number of nitrogens with two attached hydrogens (primary N) is 1. The molecule has 2 aromatic rings. The number of aryl methyl sites for hydroxylation is 1. The van der Waals surface area contributed by atoms with Crippen molar-refractivity contribution in [2.45, 2.75) is 31.2 Å². The van der Waals surface area contributed by atoms with Crippen LogP contribution in [-0.4, -0.2) is 20.9 Å².